The molecule has 0 aliphatic rings. The topological polar surface area (TPSA) is 21.3 Å². The number of alkyl halides is 2. The van der Waals surface area contributed by atoms with Crippen LogP contribution in [0.5, 0.6) is 5.75 Å². The van der Waals surface area contributed by atoms with E-state index in [4.69, 9.17) is 4.74 Å². The van der Waals surface area contributed by atoms with Gasteiger partial charge in [-0.2, -0.15) is 8.78 Å². The third-order valence-electron chi connectivity index (χ3n) is 2.56. The Kier molecular flexibility index (Phi) is 4.46. The Morgan fingerprint density at radius 2 is 2.00 bits per heavy atom. The number of methoxy groups -OCH3 is 1. The number of rotatable bonds is 5. The zero-order chi connectivity index (χ0) is 13.1. The van der Waals surface area contributed by atoms with Crippen molar-refractivity contribution in [2.45, 2.75) is 32.7 Å². The summed E-state index contributed by atoms with van der Waals surface area (Å²) in [4.78, 5) is 0. The van der Waals surface area contributed by atoms with Gasteiger partial charge in [0.15, 0.2) is 0 Å². The van der Waals surface area contributed by atoms with Crippen LogP contribution in [0.25, 0.3) is 0 Å². The summed E-state index contributed by atoms with van der Waals surface area (Å²) in [7, 11) is 1.48. The summed E-state index contributed by atoms with van der Waals surface area (Å²) in [5.41, 5.74) is 0.831. The summed E-state index contributed by atoms with van der Waals surface area (Å²) < 4.78 is 32.7. The molecule has 0 saturated carbocycles. The Hall–Kier alpha value is -1.16. The number of hydrogen-bond acceptors (Lipinski definition) is 2. The molecule has 0 heterocycles. The number of nitrogens with one attached hydrogen (secondary N) is 1. The third kappa shape index (κ3) is 3.66. The van der Waals surface area contributed by atoms with E-state index in [1.54, 1.807) is 6.07 Å². The molecule has 0 bridgehead atoms. The molecule has 4 heteroatoms. The summed E-state index contributed by atoms with van der Waals surface area (Å²) in [5.74, 6) is -2.39. The maximum absolute atomic E-state index is 13.8. The van der Waals surface area contributed by atoms with Gasteiger partial charge < -0.3 is 10.1 Å². The molecule has 0 atom stereocenters. The molecule has 0 spiro atoms. The van der Waals surface area contributed by atoms with E-state index in [0.717, 1.165) is 5.56 Å². The van der Waals surface area contributed by atoms with Crippen molar-refractivity contribution in [3.8, 4) is 5.75 Å². The fraction of sp³-hybridized carbons (Fsp3) is 0.538. The minimum Gasteiger partial charge on any atom is -0.496 e. The van der Waals surface area contributed by atoms with Gasteiger partial charge in [-0.1, -0.05) is 26.0 Å². The highest BCUT2D eigenvalue weighted by atomic mass is 19.3. The van der Waals surface area contributed by atoms with Crippen molar-refractivity contribution in [2.24, 2.45) is 0 Å². The van der Waals surface area contributed by atoms with E-state index in [1.807, 2.05) is 20.8 Å². The normalized spacial score (nSPS) is 11.9. The first-order chi connectivity index (χ1) is 7.86. The maximum atomic E-state index is 13.8. The van der Waals surface area contributed by atoms with Crippen LogP contribution >= 0.6 is 0 Å². The van der Waals surface area contributed by atoms with Gasteiger partial charge in [0.05, 0.1) is 13.7 Å². The lowest BCUT2D eigenvalue weighted by atomic mass is 10.1. The summed E-state index contributed by atoms with van der Waals surface area (Å²) in [5, 5.41) is 2.75. The fourth-order valence-corrected chi connectivity index (χ4v) is 1.48. The molecule has 0 saturated heterocycles. The lowest BCUT2D eigenvalue weighted by Crippen LogP contribution is -2.34. The van der Waals surface area contributed by atoms with Crippen LogP contribution < -0.4 is 10.1 Å². The maximum Gasteiger partial charge on any atom is 0.285 e. The largest absolute Gasteiger partial charge is 0.496 e. The van der Waals surface area contributed by atoms with Gasteiger partial charge in [-0.15, -0.1) is 0 Å². The van der Waals surface area contributed by atoms with Gasteiger partial charge in [0, 0.05) is 11.6 Å². The van der Waals surface area contributed by atoms with Crippen molar-refractivity contribution in [1.82, 2.24) is 5.32 Å². The Bertz CT molecular complexity index is 378. The molecule has 17 heavy (non-hydrogen) atoms. The third-order valence-corrected chi connectivity index (χ3v) is 2.56. The van der Waals surface area contributed by atoms with E-state index < -0.39 is 5.92 Å². The molecule has 0 unspecified atom stereocenters. The van der Waals surface area contributed by atoms with E-state index in [-0.39, 0.29) is 18.2 Å². The highest BCUT2D eigenvalue weighted by molar-refractivity contribution is 5.38. The van der Waals surface area contributed by atoms with Crippen molar-refractivity contribution in [2.75, 3.05) is 13.7 Å². The average molecular weight is 243 g/mol. The Labute approximate surface area is 101 Å². The van der Waals surface area contributed by atoms with Crippen LogP contribution in [0.3, 0.4) is 0 Å². The number of benzene rings is 1. The lowest BCUT2D eigenvalue weighted by molar-refractivity contribution is -0.00502. The molecular weight excluding hydrogens is 224 g/mol. The minimum atomic E-state index is -2.88. The molecule has 0 amide bonds. The van der Waals surface area contributed by atoms with Crippen LogP contribution in [-0.4, -0.2) is 19.7 Å². The SMILES string of the molecule is COc1cc(C(F)(F)CNC(C)C)ccc1C. The fourth-order valence-electron chi connectivity index (χ4n) is 1.48. The summed E-state index contributed by atoms with van der Waals surface area (Å²) in [6.45, 7) is 5.14. The molecule has 1 N–H and O–H groups in total. The van der Waals surface area contributed by atoms with Gasteiger partial charge in [0.1, 0.15) is 5.75 Å². The van der Waals surface area contributed by atoms with E-state index in [2.05, 4.69) is 5.32 Å². The van der Waals surface area contributed by atoms with Crippen LogP contribution in [0.1, 0.15) is 25.0 Å². The van der Waals surface area contributed by atoms with Gasteiger partial charge in [-0.3, -0.25) is 0 Å². The second kappa shape index (κ2) is 5.45. The first-order valence-electron chi connectivity index (χ1n) is 5.63. The molecule has 0 aromatic heterocycles. The number of ether oxygens (including phenoxy) is 1. The highest BCUT2D eigenvalue weighted by Gasteiger charge is 2.31. The quantitative estimate of drug-likeness (QED) is 0.858. The van der Waals surface area contributed by atoms with Crippen LogP contribution in [0.2, 0.25) is 0 Å². The molecule has 1 rings (SSSR count). The van der Waals surface area contributed by atoms with Crippen LogP contribution in [0, 0.1) is 6.92 Å². The molecule has 0 fully saturated rings. The highest BCUT2D eigenvalue weighted by Crippen LogP contribution is 2.31. The standard InChI is InChI=1S/C13H19F2NO/c1-9(2)16-8-13(14,15)11-6-5-10(3)12(7-11)17-4/h5-7,9,16H,8H2,1-4H3. The molecular formula is C13H19F2NO. The molecule has 1 aromatic carbocycles. The first kappa shape index (κ1) is 13.9. The van der Waals surface area contributed by atoms with Gasteiger partial charge in [-0.25, -0.2) is 0 Å². The molecule has 0 aliphatic carbocycles. The predicted octanol–water partition coefficient (Wildman–Crippen LogP) is 3.09. The minimum absolute atomic E-state index is 0.0203. The second-order valence-electron chi connectivity index (χ2n) is 4.42. The van der Waals surface area contributed by atoms with Gasteiger partial charge in [-0.05, 0) is 18.6 Å². The lowest BCUT2D eigenvalue weighted by Gasteiger charge is -2.20. The molecule has 96 valence electrons. The van der Waals surface area contributed by atoms with E-state index in [1.165, 1.54) is 19.2 Å². The number of halogens is 2. The van der Waals surface area contributed by atoms with Crippen molar-refractivity contribution in [3.63, 3.8) is 0 Å². The predicted molar refractivity (Wildman–Crippen MR) is 64.8 cm³/mol. The molecule has 0 aliphatic heterocycles. The Morgan fingerprint density at radius 1 is 1.35 bits per heavy atom. The number of aryl methyl sites for hydroxylation is 1. The zero-order valence-corrected chi connectivity index (χ0v) is 10.7. The summed E-state index contributed by atoms with van der Waals surface area (Å²) >= 11 is 0. The summed E-state index contributed by atoms with van der Waals surface area (Å²) in [6, 6.07) is 4.53. The molecule has 2 nitrogen and oxygen atoms in total. The van der Waals surface area contributed by atoms with Crippen molar-refractivity contribution in [3.05, 3.63) is 29.3 Å². The van der Waals surface area contributed by atoms with E-state index >= 15 is 0 Å². The Morgan fingerprint density at radius 3 is 2.53 bits per heavy atom. The van der Waals surface area contributed by atoms with Crippen LogP contribution in [-0.2, 0) is 5.92 Å². The van der Waals surface area contributed by atoms with Crippen molar-refractivity contribution >= 4 is 0 Å². The van der Waals surface area contributed by atoms with Crippen LogP contribution in [0.15, 0.2) is 18.2 Å². The molecule has 1 aromatic rings. The van der Waals surface area contributed by atoms with Crippen molar-refractivity contribution in [1.29, 1.82) is 0 Å². The second-order valence-corrected chi connectivity index (χ2v) is 4.42. The first-order valence-corrected chi connectivity index (χ1v) is 5.63. The van der Waals surface area contributed by atoms with Gasteiger partial charge in [0.2, 0.25) is 0 Å². The Balaban J connectivity index is 2.90. The van der Waals surface area contributed by atoms with Crippen molar-refractivity contribution < 1.29 is 13.5 Å². The van der Waals surface area contributed by atoms with Gasteiger partial charge >= 0.3 is 0 Å². The van der Waals surface area contributed by atoms with Gasteiger partial charge in [0.25, 0.3) is 5.92 Å². The van der Waals surface area contributed by atoms with Crippen LogP contribution in [0.4, 0.5) is 8.78 Å². The average Bonchev–Trinajstić information content (AvgIpc) is 2.27. The summed E-state index contributed by atoms with van der Waals surface area (Å²) in [6.07, 6.45) is 0. The zero-order valence-electron chi connectivity index (χ0n) is 10.7. The monoisotopic (exact) mass is 243 g/mol. The number of hydrogen-bond donors (Lipinski definition) is 1. The van der Waals surface area contributed by atoms with E-state index in [0.29, 0.717) is 5.75 Å². The molecule has 0 radical (unpaired) electrons. The smallest absolute Gasteiger partial charge is 0.285 e. The van der Waals surface area contributed by atoms with E-state index in [9.17, 15) is 8.78 Å².